The summed E-state index contributed by atoms with van der Waals surface area (Å²) in [6.45, 7) is 13.4. The van der Waals surface area contributed by atoms with Crippen LogP contribution in [-0.4, -0.2) is 36.7 Å². The van der Waals surface area contributed by atoms with E-state index in [-0.39, 0.29) is 0 Å². The van der Waals surface area contributed by atoms with Crippen LogP contribution in [0.15, 0.2) is 0 Å². The Morgan fingerprint density at radius 3 is 1.47 bits per heavy atom. The quantitative estimate of drug-likeness (QED) is 0.108. The Balaban J connectivity index is 1.70. The lowest BCUT2D eigenvalue weighted by Crippen LogP contribution is -2.51. The summed E-state index contributed by atoms with van der Waals surface area (Å²) in [6.07, 6.45) is 36.1. The van der Waals surface area contributed by atoms with Crippen molar-refractivity contribution >= 4 is 0 Å². The van der Waals surface area contributed by atoms with Gasteiger partial charge in [-0.05, 0) is 75.8 Å². The standard InChI is InChI=1S/C36H71NO/c1-5-9-13-17-21-25-34(24-20-16-12-8-4)38-35-30-36(31-35)26-28-37(29-27-36)32-33(22-18-14-10-6-2)23-19-15-11-7-3/h33-35H,5-32H2,1-4H3. The molecular formula is C36H71NO. The molecule has 0 aromatic carbocycles. The molecule has 2 fully saturated rings. The molecule has 0 aromatic rings. The lowest BCUT2D eigenvalue weighted by molar-refractivity contribution is -0.136. The summed E-state index contributed by atoms with van der Waals surface area (Å²) >= 11 is 0. The van der Waals surface area contributed by atoms with Gasteiger partial charge >= 0.3 is 0 Å². The predicted octanol–water partition coefficient (Wildman–Crippen LogP) is 11.5. The lowest BCUT2D eigenvalue weighted by atomic mass is 9.61. The van der Waals surface area contributed by atoms with Crippen molar-refractivity contribution in [3.05, 3.63) is 0 Å². The van der Waals surface area contributed by atoms with Crippen LogP contribution < -0.4 is 0 Å². The lowest BCUT2D eigenvalue weighted by Gasteiger charge is -2.53. The summed E-state index contributed by atoms with van der Waals surface area (Å²) < 4.78 is 6.81. The molecule has 1 aliphatic heterocycles. The number of hydrogen-bond donors (Lipinski definition) is 0. The highest BCUT2D eigenvalue weighted by atomic mass is 16.5. The Kier molecular flexibility index (Phi) is 19.4. The highest BCUT2D eigenvalue weighted by Gasteiger charge is 2.47. The molecule has 1 atom stereocenters. The van der Waals surface area contributed by atoms with Crippen molar-refractivity contribution in [1.29, 1.82) is 0 Å². The van der Waals surface area contributed by atoms with Gasteiger partial charge in [0, 0.05) is 6.54 Å². The van der Waals surface area contributed by atoms with Gasteiger partial charge in [-0.3, -0.25) is 0 Å². The van der Waals surface area contributed by atoms with Gasteiger partial charge in [0.2, 0.25) is 0 Å². The maximum atomic E-state index is 6.81. The molecule has 1 saturated carbocycles. The number of ether oxygens (including phenoxy) is 1. The average molecular weight is 534 g/mol. The summed E-state index contributed by atoms with van der Waals surface area (Å²) in [5.41, 5.74) is 0.632. The van der Waals surface area contributed by atoms with E-state index in [1.807, 2.05) is 0 Å². The molecule has 2 heteroatoms. The zero-order chi connectivity index (χ0) is 27.3. The van der Waals surface area contributed by atoms with Crippen molar-refractivity contribution < 1.29 is 4.74 Å². The van der Waals surface area contributed by atoms with Gasteiger partial charge in [0.15, 0.2) is 0 Å². The third-order valence-corrected chi connectivity index (χ3v) is 10.1. The van der Waals surface area contributed by atoms with Crippen molar-refractivity contribution in [2.75, 3.05) is 19.6 Å². The SMILES string of the molecule is CCCCCCCC(CCCCCC)OC1CC2(CCN(CC(CCCCCC)CCCCCC)CC2)C1. The second-order valence-electron chi connectivity index (χ2n) is 13.7. The summed E-state index contributed by atoms with van der Waals surface area (Å²) in [7, 11) is 0. The van der Waals surface area contributed by atoms with Crippen LogP contribution in [-0.2, 0) is 4.74 Å². The number of piperidine rings is 1. The van der Waals surface area contributed by atoms with Gasteiger partial charge in [0.25, 0.3) is 0 Å². The summed E-state index contributed by atoms with van der Waals surface area (Å²) in [5, 5.41) is 0. The Morgan fingerprint density at radius 1 is 0.579 bits per heavy atom. The van der Waals surface area contributed by atoms with Crippen LogP contribution in [0.2, 0.25) is 0 Å². The van der Waals surface area contributed by atoms with Gasteiger partial charge < -0.3 is 9.64 Å². The van der Waals surface area contributed by atoms with Crippen LogP contribution in [0.5, 0.6) is 0 Å². The molecule has 38 heavy (non-hydrogen) atoms. The molecule has 0 N–H and O–H groups in total. The van der Waals surface area contributed by atoms with Crippen LogP contribution in [0.1, 0.15) is 188 Å². The summed E-state index contributed by atoms with van der Waals surface area (Å²) in [6, 6.07) is 0. The van der Waals surface area contributed by atoms with Gasteiger partial charge in [-0.2, -0.15) is 0 Å². The van der Waals surface area contributed by atoms with Crippen LogP contribution in [0.25, 0.3) is 0 Å². The van der Waals surface area contributed by atoms with Gasteiger partial charge in [-0.15, -0.1) is 0 Å². The first-order valence-electron chi connectivity index (χ1n) is 18.0. The molecule has 0 bridgehead atoms. The molecule has 2 rings (SSSR count). The number of nitrogens with zero attached hydrogens (tertiary/aromatic N) is 1. The van der Waals surface area contributed by atoms with E-state index in [1.165, 1.54) is 180 Å². The predicted molar refractivity (Wildman–Crippen MR) is 169 cm³/mol. The van der Waals surface area contributed by atoms with Crippen molar-refractivity contribution in [1.82, 2.24) is 4.90 Å². The summed E-state index contributed by atoms with van der Waals surface area (Å²) in [5.74, 6) is 0.945. The monoisotopic (exact) mass is 534 g/mol. The first-order valence-corrected chi connectivity index (χ1v) is 18.0. The van der Waals surface area contributed by atoms with Gasteiger partial charge in [0.05, 0.1) is 12.2 Å². The minimum absolute atomic E-state index is 0.539. The van der Waals surface area contributed by atoms with Gasteiger partial charge in [-0.25, -0.2) is 0 Å². The molecule has 2 aliphatic rings. The molecule has 1 aliphatic carbocycles. The van der Waals surface area contributed by atoms with E-state index in [9.17, 15) is 0 Å². The largest absolute Gasteiger partial charge is 0.375 e. The van der Waals surface area contributed by atoms with Crippen molar-refractivity contribution in [3.8, 4) is 0 Å². The van der Waals surface area contributed by atoms with Crippen LogP contribution in [0.4, 0.5) is 0 Å². The fourth-order valence-electron chi connectivity index (χ4n) is 7.36. The van der Waals surface area contributed by atoms with Gasteiger partial charge in [0.1, 0.15) is 0 Å². The fraction of sp³-hybridized carbons (Fsp3) is 1.00. The number of likely N-dealkylation sites (tertiary alicyclic amines) is 1. The van der Waals surface area contributed by atoms with Gasteiger partial charge in [-0.1, -0.05) is 137 Å². The van der Waals surface area contributed by atoms with E-state index in [0.29, 0.717) is 17.6 Å². The minimum atomic E-state index is 0.539. The second-order valence-corrected chi connectivity index (χ2v) is 13.7. The average Bonchev–Trinajstić information content (AvgIpc) is 2.91. The Labute approximate surface area is 240 Å². The number of hydrogen-bond acceptors (Lipinski definition) is 2. The molecule has 0 radical (unpaired) electrons. The Bertz CT molecular complexity index is 505. The van der Waals surface area contributed by atoms with E-state index < -0.39 is 0 Å². The van der Waals surface area contributed by atoms with Crippen molar-refractivity contribution in [3.63, 3.8) is 0 Å². The zero-order valence-electron chi connectivity index (χ0n) is 26.9. The molecule has 1 saturated heterocycles. The number of unbranched alkanes of at least 4 members (excludes halogenated alkanes) is 13. The maximum absolute atomic E-state index is 6.81. The van der Waals surface area contributed by atoms with E-state index in [0.717, 1.165) is 5.92 Å². The molecule has 2 nitrogen and oxygen atoms in total. The molecule has 1 heterocycles. The van der Waals surface area contributed by atoms with E-state index in [4.69, 9.17) is 4.74 Å². The zero-order valence-corrected chi connectivity index (χ0v) is 26.9. The molecule has 1 spiro atoms. The third kappa shape index (κ3) is 14.5. The van der Waals surface area contributed by atoms with Crippen LogP contribution in [0, 0.1) is 11.3 Å². The second kappa shape index (κ2) is 21.6. The molecule has 1 unspecified atom stereocenters. The van der Waals surface area contributed by atoms with E-state index in [1.54, 1.807) is 0 Å². The molecule has 226 valence electrons. The number of rotatable bonds is 25. The van der Waals surface area contributed by atoms with Crippen molar-refractivity contribution in [2.45, 2.75) is 200 Å². The van der Waals surface area contributed by atoms with E-state index >= 15 is 0 Å². The highest BCUT2D eigenvalue weighted by Crippen LogP contribution is 2.51. The first-order chi connectivity index (χ1) is 18.6. The first kappa shape index (κ1) is 34.1. The minimum Gasteiger partial charge on any atom is -0.375 e. The smallest absolute Gasteiger partial charge is 0.0589 e. The topological polar surface area (TPSA) is 12.5 Å². The maximum Gasteiger partial charge on any atom is 0.0589 e. The van der Waals surface area contributed by atoms with Crippen LogP contribution in [0.3, 0.4) is 0 Å². The Morgan fingerprint density at radius 2 is 1.00 bits per heavy atom. The van der Waals surface area contributed by atoms with Crippen molar-refractivity contribution in [2.24, 2.45) is 11.3 Å². The highest BCUT2D eigenvalue weighted by molar-refractivity contribution is 4.98. The molecular weight excluding hydrogens is 462 g/mol. The van der Waals surface area contributed by atoms with Crippen LogP contribution >= 0.6 is 0 Å². The van der Waals surface area contributed by atoms with E-state index in [2.05, 4.69) is 32.6 Å². The summed E-state index contributed by atoms with van der Waals surface area (Å²) in [4.78, 5) is 2.86. The third-order valence-electron chi connectivity index (χ3n) is 10.1. The molecule has 0 aromatic heterocycles. The molecule has 0 amide bonds. The fourth-order valence-corrected chi connectivity index (χ4v) is 7.36. The Hall–Kier alpha value is -0.0800. The normalized spacial score (nSPS) is 18.9.